The van der Waals surface area contributed by atoms with Crippen molar-refractivity contribution in [3.05, 3.63) is 17.5 Å². The second-order valence-electron chi connectivity index (χ2n) is 3.76. The first-order valence-corrected chi connectivity index (χ1v) is 5.35. The Labute approximate surface area is 85.8 Å². The minimum absolute atomic E-state index is 0.0604. The van der Waals surface area contributed by atoms with Crippen LogP contribution >= 0.6 is 0 Å². The Morgan fingerprint density at radius 1 is 1.36 bits per heavy atom. The van der Waals surface area contributed by atoms with E-state index in [2.05, 4.69) is 25.0 Å². The van der Waals surface area contributed by atoms with E-state index in [-0.39, 0.29) is 12.1 Å². The van der Waals surface area contributed by atoms with Crippen molar-refractivity contribution in [3.63, 3.8) is 0 Å². The summed E-state index contributed by atoms with van der Waals surface area (Å²) in [5, 5.41) is 14.0. The van der Waals surface area contributed by atoms with Gasteiger partial charge >= 0.3 is 0 Å². The number of hydrogen-bond acceptors (Lipinski definition) is 2. The van der Waals surface area contributed by atoms with Crippen molar-refractivity contribution >= 4 is 0 Å². The van der Waals surface area contributed by atoms with Crippen LogP contribution in [0, 0.1) is 0 Å². The minimum Gasteiger partial charge on any atom is -0.391 e. The van der Waals surface area contributed by atoms with E-state index in [4.69, 9.17) is 0 Å². The van der Waals surface area contributed by atoms with E-state index >= 15 is 0 Å². The normalized spacial score (nSPS) is 15.5. The van der Waals surface area contributed by atoms with Crippen LogP contribution in [0.25, 0.3) is 0 Å². The van der Waals surface area contributed by atoms with E-state index in [9.17, 15) is 5.11 Å². The summed E-state index contributed by atoms with van der Waals surface area (Å²) >= 11 is 0. The van der Waals surface area contributed by atoms with Crippen LogP contribution in [0.1, 0.15) is 45.1 Å². The maximum atomic E-state index is 9.52. The van der Waals surface area contributed by atoms with E-state index in [1.807, 2.05) is 11.6 Å². The van der Waals surface area contributed by atoms with Gasteiger partial charge in [-0.1, -0.05) is 13.8 Å². The highest BCUT2D eigenvalue weighted by molar-refractivity contribution is 5.11. The molecule has 0 spiro atoms. The topological polar surface area (TPSA) is 38.0 Å². The molecule has 80 valence electrons. The molecule has 3 nitrogen and oxygen atoms in total. The summed E-state index contributed by atoms with van der Waals surface area (Å²) in [5.74, 6) is 0. The summed E-state index contributed by atoms with van der Waals surface area (Å²) in [6.45, 7) is 8.01. The summed E-state index contributed by atoms with van der Waals surface area (Å²) in [7, 11) is 0. The van der Waals surface area contributed by atoms with Crippen molar-refractivity contribution < 1.29 is 5.11 Å². The van der Waals surface area contributed by atoms with Gasteiger partial charge in [-0.05, 0) is 32.8 Å². The molecule has 2 atom stereocenters. The minimum atomic E-state index is -0.357. The highest BCUT2D eigenvalue weighted by atomic mass is 16.3. The molecule has 0 amide bonds. The van der Waals surface area contributed by atoms with Crippen LogP contribution in [-0.4, -0.2) is 21.0 Å². The van der Waals surface area contributed by atoms with Gasteiger partial charge in [0.25, 0.3) is 0 Å². The fourth-order valence-corrected chi connectivity index (χ4v) is 1.48. The van der Waals surface area contributed by atoms with Gasteiger partial charge in [0.2, 0.25) is 0 Å². The SMILES string of the molecule is CCc1cc(CC)n(C(C)C(C)O)n1. The number of hydrogen-bond donors (Lipinski definition) is 1. The number of rotatable bonds is 4. The fraction of sp³-hybridized carbons (Fsp3) is 0.727. The molecule has 1 aromatic heterocycles. The fourth-order valence-electron chi connectivity index (χ4n) is 1.48. The first kappa shape index (κ1) is 11.2. The van der Waals surface area contributed by atoms with Crippen molar-refractivity contribution in [3.8, 4) is 0 Å². The number of nitrogens with zero attached hydrogens (tertiary/aromatic N) is 2. The zero-order valence-corrected chi connectivity index (χ0v) is 9.49. The zero-order valence-electron chi connectivity index (χ0n) is 9.49. The number of aliphatic hydroxyl groups is 1. The molecule has 1 N–H and O–H groups in total. The molecule has 0 bridgehead atoms. The van der Waals surface area contributed by atoms with Gasteiger partial charge in [-0.2, -0.15) is 5.10 Å². The Morgan fingerprint density at radius 3 is 2.43 bits per heavy atom. The lowest BCUT2D eigenvalue weighted by atomic mass is 10.2. The lowest BCUT2D eigenvalue weighted by Crippen LogP contribution is -2.21. The van der Waals surface area contributed by atoms with Gasteiger partial charge in [0.15, 0.2) is 0 Å². The smallest absolute Gasteiger partial charge is 0.0750 e. The van der Waals surface area contributed by atoms with Crippen molar-refractivity contribution in [2.45, 2.75) is 52.7 Å². The van der Waals surface area contributed by atoms with Gasteiger partial charge in [0.05, 0.1) is 17.8 Å². The van der Waals surface area contributed by atoms with E-state index in [1.165, 1.54) is 5.69 Å². The lowest BCUT2D eigenvalue weighted by Gasteiger charge is -2.17. The summed E-state index contributed by atoms with van der Waals surface area (Å²) in [4.78, 5) is 0. The molecule has 0 aliphatic rings. The van der Waals surface area contributed by atoms with Crippen LogP contribution in [0.5, 0.6) is 0 Å². The lowest BCUT2D eigenvalue weighted by molar-refractivity contribution is 0.130. The van der Waals surface area contributed by atoms with Crippen molar-refractivity contribution in [1.82, 2.24) is 9.78 Å². The second-order valence-corrected chi connectivity index (χ2v) is 3.76. The molecule has 2 unspecified atom stereocenters. The van der Waals surface area contributed by atoms with Crippen molar-refractivity contribution in [1.29, 1.82) is 0 Å². The number of aryl methyl sites for hydroxylation is 2. The van der Waals surface area contributed by atoms with Crippen LogP contribution in [0.3, 0.4) is 0 Å². The largest absolute Gasteiger partial charge is 0.391 e. The van der Waals surface area contributed by atoms with E-state index < -0.39 is 0 Å². The highest BCUT2D eigenvalue weighted by Gasteiger charge is 2.15. The van der Waals surface area contributed by atoms with Crippen LogP contribution in [-0.2, 0) is 12.8 Å². The molecular weight excluding hydrogens is 176 g/mol. The predicted octanol–water partition coefficient (Wildman–Crippen LogP) is 1.95. The molecule has 0 aliphatic heterocycles. The Hall–Kier alpha value is -0.830. The molecule has 0 aromatic carbocycles. The van der Waals surface area contributed by atoms with Crippen LogP contribution < -0.4 is 0 Å². The van der Waals surface area contributed by atoms with Gasteiger partial charge < -0.3 is 5.11 Å². The summed E-state index contributed by atoms with van der Waals surface area (Å²) < 4.78 is 1.95. The van der Waals surface area contributed by atoms with Gasteiger partial charge in [-0.25, -0.2) is 0 Å². The third kappa shape index (κ3) is 2.15. The van der Waals surface area contributed by atoms with Crippen LogP contribution in [0.4, 0.5) is 0 Å². The van der Waals surface area contributed by atoms with E-state index in [1.54, 1.807) is 6.92 Å². The summed E-state index contributed by atoms with van der Waals surface area (Å²) in [5.41, 5.74) is 2.31. The Morgan fingerprint density at radius 2 is 2.00 bits per heavy atom. The first-order valence-electron chi connectivity index (χ1n) is 5.35. The average molecular weight is 196 g/mol. The van der Waals surface area contributed by atoms with Crippen molar-refractivity contribution in [2.75, 3.05) is 0 Å². The van der Waals surface area contributed by atoms with E-state index in [0.29, 0.717) is 0 Å². The molecule has 0 aliphatic carbocycles. The molecule has 0 saturated carbocycles. The molecule has 0 saturated heterocycles. The molecule has 1 aromatic rings. The second kappa shape index (κ2) is 4.60. The van der Waals surface area contributed by atoms with Crippen molar-refractivity contribution in [2.24, 2.45) is 0 Å². The zero-order chi connectivity index (χ0) is 10.7. The quantitative estimate of drug-likeness (QED) is 0.799. The Balaban J connectivity index is 2.99. The molecule has 0 radical (unpaired) electrons. The highest BCUT2D eigenvalue weighted by Crippen LogP contribution is 2.15. The molecule has 1 heterocycles. The third-order valence-corrected chi connectivity index (χ3v) is 2.67. The Kier molecular flexibility index (Phi) is 3.69. The standard InChI is InChI=1S/C11H20N2O/c1-5-10-7-11(6-2)13(12-10)8(3)9(4)14/h7-9,14H,5-6H2,1-4H3. The maximum absolute atomic E-state index is 9.52. The summed E-state index contributed by atoms with van der Waals surface area (Å²) in [6.07, 6.45) is 1.56. The van der Waals surface area contributed by atoms with Crippen LogP contribution in [0.15, 0.2) is 6.07 Å². The average Bonchev–Trinajstić information content (AvgIpc) is 2.59. The molecule has 0 fully saturated rings. The van der Waals surface area contributed by atoms with Gasteiger partial charge in [0, 0.05) is 5.69 Å². The first-order chi connectivity index (χ1) is 6.60. The Bertz CT molecular complexity index is 291. The maximum Gasteiger partial charge on any atom is 0.0750 e. The van der Waals surface area contributed by atoms with E-state index in [0.717, 1.165) is 18.5 Å². The third-order valence-electron chi connectivity index (χ3n) is 2.67. The summed E-state index contributed by atoms with van der Waals surface area (Å²) in [6, 6.07) is 2.18. The van der Waals surface area contributed by atoms with Gasteiger partial charge in [0.1, 0.15) is 0 Å². The van der Waals surface area contributed by atoms with Crippen LogP contribution in [0.2, 0.25) is 0 Å². The number of aromatic nitrogens is 2. The van der Waals surface area contributed by atoms with Gasteiger partial charge in [-0.3, -0.25) is 4.68 Å². The molecule has 3 heteroatoms. The molecular formula is C11H20N2O. The molecule has 14 heavy (non-hydrogen) atoms. The molecule has 1 rings (SSSR count). The predicted molar refractivity (Wildman–Crippen MR) is 57.4 cm³/mol. The number of aliphatic hydroxyl groups excluding tert-OH is 1. The van der Waals surface area contributed by atoms with Gasteiger partial charge in [-0.15, -0.1) is 0 Å². The monoisotopic (exact) mass is 196 g/mol.